The van der Waals surface area contributed by atoms with Gasteiger partial charge >= 0.3 is 0 Å². The van der Waals surface area contributed by atoms with E-state index in [4.69, 9.17) is 10.8 Å². The van der Waals surface area contributed by atoms with Crippen molar-refractivity contribution >= 4 is 9.04 Å². The molecule has 1 saturated carbocycles. The van der Waals surface area contributed by atoms with Crippen LogP contribution in [-0.2, 0) is 4.43 Å². The lowest BCUT2D eigenvalue weighted by Gasteiger charge is -2.29. The highest BCUT2D eigenvalue weighted by Crippen LogP contribution is 2.26. The molecule has 0 N–H and O–H groups in total. The van der Waals surface area contributed by atoms with E-state index in [1.165, 1.54) is 19.3 Å². The van der Waals surface area contributed by atoms with Crippen LogP contribution < -0.4 is 0 Å². The molecule has 0 heterocycles. The molecule has 2 atom stereocenters. The Hall–Kier alpha value is -0.263. The summed E-state index contributed by atoms with van der Waals surface area (Å²) < 4.78 is 5.85. The monoisotopic (exact) mass is 181 g/mol. The van der Waals surface area contributed by atoms with Gasteiger partial charge in [0.2, 0.25) is 9.04 Å². The summed E-state index contributed by atoms with van der Waals surface area (Å²) in [7, 11) is -0.571. The molecular formula is C10H17OSi. The Morgan fingerprint density at radius 1 is 1.33 bits per heavy atom. The maximum Gasteiger partial charge on any atom is 0.205 e. The molecule has 2 heteroatoms. The Bertz CT molecular complexity index is 171. The zero-order chi connectivity index (χ0) is 8.97. The van der Waals surface area contributed by atoms with Gasteiger partial charge in [-0.2, -0.15) is 0 Å². The molecule has 0 aliphatic heterocycles. The second-order valence-corrected chi connectivity index (χ2v) is 5.67. The number of hydrogen-bond acceptors (Lipinski definition) is 1. The molecular weight excluding hydrogens is 164 g/mol. The molecule has 1 nitrogen and oxygen atoms in total. The summed E-state index contributed by atoms with van der Waals surface area (Å²) in [6.45, 7) is 4.35. The summed E-state index contributed by atoms with van der Waals surface area (Å²) in [5.41, 5.74) is 0. The van der Waals surface area contributed by atoms with E-state index in [9.17, 15) is 0 Å². The van der Waals surface area contributed by atoms with Crippen molar-refractivity contribution < 1.29 is 4.43 Å². The van der Waals surface area contributed by atoms with Crippen LogP contribution in [0.5, 0.6) is 0 Å². The van der Waals surface area contributed by atoms with Crippen LogP contribution in [0.15, 0.2) is 0 Å². The van der Waals surface area contributed by atoms with Crippen LogP contribution in [0.3, 0.4) is 0 Å². The summed E-state index contributed by atoms with van der Waals surface area (Å²) in [5, 5.41) is 0. The largest absolute Gasteiger partial charge is 0.413 e. The van der Waals surface area contributed by atoms with E-state index < -0.39 is 9.04 Å². The fourth-order valence-corrected chi connectivity index (χ4v) is 2.62. The van der Waals surface area contributed by atoms with Gasteiger partial charge in [-0.15, -0.1) is 12.3 Å². The van der Waals surface area contributed by atoms with Gasteiger partial charge in [-0.3, -0.25) is 0 Å². The number of terminal acetylenes is 1. The highest BCUT2D eigenvalue weighted by molar-refractivity contribution is 6.48. The van der Waals surface area contributed by atoms with Crippen LogP contribution in [0, 0.1) is 18.3 Å². The maximum atomic E-state index is 5.85. The standard InChI is InChI=1S/C10H17OSi/c1-4-9-7-5-6-8-10(9)11-12(2)3/h1,9-10H,5-8H2,2-3H3/t9-,10-/m0/s1. The highest BCUT2D eigenvalue weighted by Gasteiger charge is 2.24. The molecule has 1 fully saturated rings. The predicted octanol–water partition coefficient (Wildman–Crippen LogP) is 2.45. The maximum absolute atomic E-state index is 5.85. The normalized spacial score (nSPS) is 30.2. The summed E-state index contributed by atoms with van der Waals surface area (Å²) in [5.74, 6) is 3.24. The van der Waals surface area contributed by atoms with E-state index >= 15 is 0 Å². The fraction of sp³-hybridized carbons (Fsp3) is 0.800. The van der Waals surface area contributed by atoms with E-state index in [-0.39, 0.29) is 0 Å². The van der Waals surface area contributed by atoms with Crippen molar-refractivity contribution in [1.82, 2.24) is 0 Å². The number of hydrogen-bond donors (Lipinski definition) is 0. The summed E-state index contributed by atoms with van der Waals surface area (Å²) in [6.07, 6.45) is 10.7. The van der Waals surface area contributed by atoms with Gasteiger partial charge < -0.3 is 4.43 Å². The molecule has 0 aromatic rings. The van der Waals surface area contributed by atoms with Crippen LogP contribution in [0.4, 0.5) is 0 Å². The first-order chi connectivity index (χ1) is 5.74. The van der Waals surface area contributed by atoms with E-state index in [1.807, 2.05) is 0 Å². The molecule has 12 heavy (non-hydrogen) atoms. The van der Waals surface area contributed by atoms with Crippen LogP contribution in [-0.4, -0.2) is 15.1 Å². The minimum atomic E-state index is -0.571. The van der Waals surface area contributed by atoms with Crippen LogP contribution in [0.2, 0.25) is 13.1 Å². The van der Waals surface area contributed by atoms with Gasteiger partial charge in [0.05, 0.1) is 6.10 Å². The lowest BCUT2D eigenvalue weighted by Crippen LogP contribution is -2.30. The van der Waals surface area contributed by atoms with Crippen molar-refractivity contribution in [3.63, 3.8) is 0 Å². The Labute approximate surface area is 77.2 Å². The molecule has 0 aromatic heterocycles. The molecule has 1 aliphatic rings. The van der Waals surface area contributed by atoms with Crippen molar-refractivity contribution in [3.8, 4) is 12.3 Å². The Morgan fingerprint density at radius 3 is 2.58 bits per heavy atom. The summed E-state index contributed by atoms with van der Waals surface area (Å²) in [4.78, 5) is 0. The molecule has 1 radical (unpaired) electrons. The first-order valence-corrected chi connectivity index (χ1v) is 7.08. The first kappa shape index (κ1) is 9.82. The second kappa shape index (κ2) is 4.69. The topological polar surface area (TPSA) is 9.23 Å². The van der Waals surface area contributed by atoms with Crippen molar-refractivity contribution in [3.05, 3.63) is 0 Å². The van der Waals surface area contributed by atoms with E-state index in [2.05, 4.69) is 19.0 Å². The molecule has 67 valence electrons. The molecule has 0 aromatic carbocycles. The third-order valence-electron chi connectivity index (χ3n) is 2.30. The summed E-state index contributed by atoms with van der Waals surface area (Å²) >= 11 is 0. The quantitative estimate of drug-likeness (QED) is 0.470. The fourth-order valence-electron chi connectivity index (χ4n) is 1.73. The smallest absolute Gasteiger partial charge is 0.205 e. The second-order valence-electron chi connectivity index (χ2n) is 3.62. The van der Waals surface area contributed by atoms with Gasteiger partial charge in [0.25, 0.3) is 0 Å². The van der Waals surface area contributed by atoms with Crippen LogP contribution >= 0.6 is 0 Å². The lowest BCUT2D eigenvalue weighted by atomic mass is 9.87. The molecule has 0 amide bonds. The third kappa shape index (κ3) is 2.65. The van der Waals surface area contributed by atoms with Crippen LogP contribution in [0.1, 0.15) is 25.7 Å². The van der Waals surface area contributed by atoms with Gasteiger partial charge in [0.1, 0.15) is 0 Å². The van der Waals surface area contributed by atoms with E-state index in [0.717, 1.165) is 6.42 Å². The van der Waals surface area contributed by atoms with Crippen molar-refractivity contribution in [2.45, 2.75) is 44.9 Å². The van der Waals surface area contributed by atoms with Gasteiger partial charge in [-0.05, 0) is 25.9 Å². The van der Waals surface area contributed by atoms with Gasteiger partial charge in [-0.25, -0.2) is 0 Å². The first-order valence-electron chi connectivity index (χ1n) is 4.67. The van der Waals surface area contributed by atoms with Crippen molar-refractivity contribution in [1.29, 1.82) is 0 Å². The average molecular weight is 181 g/mol. The van der Waals surface area contributed by atoms with E-state index in [1.54, 1.807) is 0 Å². The zero-order valence-electron chi connectivity index (χ0n) is 7.97. The molecule has 0 saturated heterocycles. The van der Waals surface area contributed by atoms with Crippen LogP contribution in [0.25, 0.3) is 0 Å². The van der Waals surface area contributed by atoms with Gasteiger partial charge in [-0.1, -0.05) is 12.8 Å². The van der Waals surface area contributed by atoms with Crippen molar-refractivity contribution in [2.24, 2.45) is 5.92 Å². The van der Waals surface area contributed by atoms with Crippen molar-refractivity contribution in [2.75, 3.05) is 0 Å². The Kier molecular flexibility index (Phi) is 3.84. The number of rotatable bonds is 2. The lowest BCUT2D eigenvalue weighted by molar-refractivity contribution is 0.122. The zero-order valence-corrected chi connectivity index (χ0v) is 8.97. The highest BCUT2D eigenvalue weighted by atomic mass is 28.3. The van der Waals surface area contributed by atoms with Gasteiger partial charge in [0, 0.05) is 5.92 Å². The molecule has 0 unspecified atom stereocenters. The average Bonchev–Trinajstić information content (AvgIpc) is 2.04. The predicted molar refractivity (Wildman–Crippen MR) is 53.1 cm³/mol. The molecule has 0 spiro atoms. The minimum Gasteiger partial charge on any atom is -0.413 e. The SMILES string of the molecule is C#C[C@H]1CCCC[C@@H]1O[Si](C)C. The summed E-state index contributed by atoms with van der Waals surface area (Å²) in [6, 6.07) is 0. The molecule has 0 bridgehead atoms. The third-order valence-corrected chi connectivity index (χ3v) is 3.08. The van der Waals surface area contributed by atoms with Gasteiger partial charge in [0.15, 0.2) is 0 Å². The minimum absolute atomic E-state index is 0.368. The van der Waals surface area contributed by atoms with E-state index in [0.29, 0.717) is 12.0 Å². The Morgan fingerprint density at radius 2 is 2.00 bits per heavy atom. The molecule has 1 aliphatic carbocycles. The molecule has 1 rings (SSSR count). The Balaban J connectivity index is 2.43.